The molecule has 0 spiro atoms. The SMILES string of the molecule is C/C(Cc1ccccc1)=N\NC(=O)c1ccc(Cl)cc1Cl. The number of hydrogen-bond donors (Lipinski definition) is 1. The van der Waals surface area contributed by atoms with Gasteiger partial charge in [-0.2, -0.15) is 5.10 Å². The van der Waals surface area contributed by atoms with Gasteiger partial charge in [0, 0.05) is 17.2 Å². The van der Waals surface area contributed by atoms with E-state index in [1.165, 1.54) is 6.07 Å². The first-order chi connectivity index (χ1) is 10.1. The lowest BCUT2D eigenvalue weighted by atomic mass is 10.1. The van der Waals surface area contributed by atoms with E-state index in [2.05, 4.69) is 10.5 Å². The summed E-state index contributed by atoms with van der Waals surface area (Å²) in [4.78, 5) is 12.0. The van der Waals surface area contributed by atoms with Crippen LogP contribution in [0.4, 0.5) is 0 Å². The first kappa shape index (κ1) is 15.5. The molecule has 21 heavy (non-hydrogen) atoms. The van der Waals surface area contributed by atoms with Gasteiger partial charge in [0.1, 0.15) is 0 Å². The van der Waals surface area contributed by atoms with Crippen molar-refractivity contribution in [2.75, 3.05) is 0 Å². The Balaban J connectivity index is 2.01. The van der Waals surface area contributed by atoms with E-state index in [-0.39, 0.29) is 5.91 Å². The number of hydrazone groups is 1. The van der Waals surface area contributed by atoms with Gasteiger partial charge < -0.3 is 0 Å². The summed E-state index contributed by atoms with van der Waals surface area (Å²) in [5.41, 5.74) is 4.79. The molecule has 1 N–H and O–H groups in total. The summed E-state index contributed by atoms with van der Waals surface area (Å²) < 4.78 is 0. The van der Waals surface area contributed by atoms with Crippen LogP contribution in [0.25, 0.3) is 0 Å². The third-order valence-electron chi connectivity index (χ3n) is 2.83. The zero-order valence-corrected chi connectivity index (χ0v) is 12.9. The highest BCUT2D eigenvalue weighted by molar-refractivity contribution is 6.36. The maximum Gasteiger partial charge on any atom is 0.272 e. The van der Waals surface area contributed by atoms with Gasteiger partial charge in [0.15, 0.2) is 0 Å². The lowest BCUT2D eigenvalue weighted by Gasteiger charge is -2.05. The molecule has 0 heterocycles. The van der Waals surface area contributed by atoms with Gasteiger partial charge in [-0.3, -0.25) is 4.79 Å². The van der Waals surface area contributed by atoms with Crippen LogP contribution >= 0.6 is 23.2 Å². The van der Waals surface area contributed by atoms with Crippen molar-refractivity contribution in [1.82, 2.24) is 5.43 Å². The molecule has 0 aliphatic rings. The molecule has 0 atom stereocenters. The molecule has 1 amide bonds. The Morgan fingerprint density at radius 2 is 1.86 bits per heavy atom. The second-order valence-electron chi connectivity index (χ2n) is 4.57. The summed E-state index contributed by atoms with van der Waals surface area (Å²) in [6, 6.07) is 14.6. The van der Waals surface area contributed by atoms with Crippen molar-refractivity contribution in [2.24, 2.45) is 5.10 Å². The lowest BCUT2D eigenvalue weighted by molar-refractivity contribution is 0.0955. The number of nitrogens with one attached hydrogen (secondary N) is 1. The standard InChI is InChI=1S/C16H14Cl2N2O/c1-11(9-12-5-3-2-4-6-12)19-20-16(21)14-8-7-13(17)10-15(14)18/h2-8,10H,9H2,1H3,(H,20,21)/b19-11+. The average Bonchev–Trinajstić information content (AvgIpc) is 2.46. The van der Waals surface area contributed by atoms with Gasteiger partial charge >= 0.3 is 0 Å². The molecule has 0 aliphatic carbocycles. The number of hydrogen-bond acceptors (Lipinski definition) is 2. The fourth-order valence-corrected chi connectivity index (χ4v) is 2.31. The topological polar surface area (TPSA) is 41.5 Å². The van der Waals surface area contributed by atoms with Crippen LogP contribution in [0.5, 0.6) is 0 Å². The Kier molecular flexibility index (Phi) is 5.37. The molecule has 2 aromatic carbocycles. The van der Waals surface area contributed by atoms with Gasteiger partial charge in [-0.25, -0.2) is 5.43 Å². The van der Waals surface area contributed by atoms with E-state index in [1.54, 1.807) is 12.1 Å². The number of halogens is 2. The zero-order valence-electron chi connectivity index (χ0n) is 11.4. The predicted octanol–water partition coefficient (Wildman–Crippen LogP) is 4.34. The van der Waals surface area contributed by atoms with E-state index in [0.717, 1.165) is 11.3 Å². The molecule has 0 aliphatic heterocycles. The molecule has 5 heteroatoms. The highest BCUT2D eigenvalue weighted by atomic mass is 35.5. The van der Waals surface area contributed by atoms with Crippen molar-refractivity contribution in [1.29, 1.82) is 0 Å². The molecule has 0 unspecified atom stereocenters. The van der Waals surface area contributed by atoms with Gasteiger partial charge in [-0.15, -0.1) is 0 Å². The van der Waals surface area contributed by atoms with Crippen molar-refractivity contribution in [3.05, 3.63) is 69.7 Å². The molecule has 2 aromatic rings. The second kappa shape index (κ2) is 7.25. The fraction of sp³-hybridized carbons (Fsp3) is 0.125. The third kappa shape index (κ3) is 4.59. The third-order valence-corrected chi connectivity index (χ3v) is 3.37. The van der Waals surface area contributed by atoms with Crippen molar-refractivity contribution in [3.8, 4) is 0 Å². The molecule has 0 fully saturated rings. The molecule has 0 saturated heterocycles. The van der Waals surface area contributed by atoms with Crippen LogP contribution in [0, 0.1) is 0 Å². The van der Waals surface area contributed by atoms with Crippen molar-refractivity contribution in [3.63, 3.8) is 0 Å². The van der Waals surface area contributed by atoms with Gasteiger partial charge in [-0.1, -0.05) is 53.5 Å². The second-order valence-corrected chi connectivity index (χ2v) is 5.42. The maximum absolute atomic E-state index is 12.0. The first-order valence-electron chi connectivity index (χ1n) is 6.39. The first-order valence-corrected chi connectivity index (χ1v) is 7.14. The highest BCUT2D eigenvalue weighted by Gasteiger charge is 2.10. The van der Waals surface area contributed by atoms with Gasteiger partial charge in [0.25, 0.3) is 5.91 Å². The summed E-state index contributed by atoms with van der Waals surface area (Å²) in [6.45, 7) is 1.86. The zero-order chi connectivity index (χ0) is 15.2. The normalized spacial score (nSPS) is 11.3. The number of carbonyl (C=O) groups excluding carboxylic acids is 1. The predicted molar refractivity (Wildman–Crippen MR) is 87.2 cm³/mol. The van der Waals surface area contributed by atoms with Crippen LogP contribution in [0.1, 0.15) is 22.8 Å². The van der Waals surface area contributed by atoms with Crippen molar-refractivity contribution in [2.45, 2.75) is 13.3 Å². The minimum Gasteiger partial charge on any atom is -0.267 e. The summed E-state index contributed by atoms with van der Waals surface area (Å²) in [6.07, 6.45) is 0.676. The van der Waals surface area contributed by atoms with E-state index in [0.29, 0.717) is 22.0 Å². The number of nitrogens with zero attached hydrogens (tertiary/aromatic N) is 1. The minimum atomic E-state index is -0.357. The van der Waals surface area contributed by atoms with Crippen LogP contribution in [-0.4, -0.2) is 11.6 Å². The Hall–Kier alpha value is -1.84. The van der Waals surface area contributed by atoms with E-state index >= 15 is 0 Å². The van der Waals surface area contributed by atoms with Crippen LogP contribution < -0.4 is 5.43 Å². The van der Waals surface area contributed by atoms with Crippen molar-refractivity contribution >= 4 is 34.8 Å². The molecule has 0 bridgehead atoms. The molecular weight excluding hydrogens is 307 g/mol. The van der Waals surface area contributed by atoms with E-state index in [1.807, 2.05) is 37.3 Å². The van der Waals surface area contributed by atoms with Crippen LogP contribution in [0.3, 0.4) is 0 Å². The summed E-state index contributed by atoms with van der Waals surface area (Å²) in [5.74, 6) is -0.357. The van der Waals surface area contributed by atoms with Gasteiger partial charge in [0.2, 0.25) is 0 Å². The Bertz CT molecular complexity index is 669. The number of rotatable bonds is 4. The quantitative estimate of drug-likeness (QED) is 0.660. The minimum absolute atomic E-state index is 0.302. The smallest absolute Gasteiger partial charge is 0.267 e. The Morgan fingerprint density at radius 3 is 2.52 bits per heavy atom. The van der Waals surface area contributed by atoms with E-state index in [9.17, 15) is 4.79 Å². The summed E-state index contributed by atoms with van der Waals surface area (Å²) >= 11 is 11.8. The van der Waals surface area contributed by atoms with Crippen LogP contribution in [0.15, 0.2) is 53.6 Å². The number of carbonyl (C=O) groups is 1. The largest absolute Gasteiger partial charge is 0.272 e. The summed E-state index contributed by atoms with van der Waals surface area (Å²) in [5, 5.41) is 4.87. The fourth-order valence-electron chi connectivity index (χ4n) is 1.81. The summed E-state index contributed by atoms with van der Waals surface area (Å²) in [7, 11) is 0. The average molecular weight is 321 g/mol. The van der Waals surface area contributed by atoms with Crippen LogP contribution in [0.2, 0.25) is 10.0 Å². The molecule has 3 nitrogen and oxygen atoms in total. The van der Waals surface area contributed by atoms with E-state index < -0.39 is 0 Å². The molecule has 0 saturated carbocycles. The monoisotopic (exact) mass is 320 g/mol. The van der Waals surface area contributed by atoms with Gasteiger partial charge in [0.05, 0.1) is 10.6 Å². The highest BCUT2D eigenvalue weighted by Crippen LogP contribution is 2.20. The van der Waals surface area contributed by atoms with Gasteiger partial charge in [-0.05, 0) is 30.7 Å². The Morgan fingerprint density at radius 1 is 1.14 bits per heavy atom. The molecule has 108 valence electrons. The Labute approximate surface area is 133 Å². The molecule has 2 rings (SSSR count). The number of benzene rings is 2. The molecular formula is C16H14Cl2N2O. The molecule has 0 aromatic heterocycles. The number of amides is 1. The molecule has 0 radical (unpaired) electrons. The van der Waals surface area contributed by atoms with Crippen LogP contribution in [-0.2, 0) is 6.42 Å². The van der Waals surface area contributed by atoms with E-state index in [4.69, 9.17) is 23.2 Å². The lowest BCUT2D eigenvalue weighted by Crippen LogP contribution is -2.20. The maximum atomic E-state index is 12.0. The van der Waals surface area contributed by atoms with Crippen molar-refractivity contribution < 1.29 is 4.79 Å².